The number of carbonyl (C=O) groups is 2. The summed E-state index contributed by atoms with van der Waals surface area (Å²) < 4.78 is 0. The van der Waals surface area contributed by atoms with Gasteiger partial charge in [-0.1, -0.05) is 0 Å². The fourth-order valence-corrected chi connectivity index (χ4v) is 2.52. The molecule has 80 valence electrons. The Morgan fingerprint density at radius 3 is 3.00 bits per heavy atom. The zero-order chi connectivity index (χ0) is 11.2. The SMILES string of the molecule is O=C1CCC2=NC=CC(=O)C3=CN=CC32C1. The van der Waals surface area contributed by atoms with Gasteiger partial charge in [0.2, 0.25) is 0 Å². The van der Waals surface area contributed by atoms with E-state index in [9.17, 15) is 9.59 Å². The average molecular weight is 214 g/mol. The number of hydrogen-bond donors (Lipinski definition) is 0. The molecule has 4 heteroatoms. The summed E-state index contributed by atoms with van der Waals surface area (Å²) >= 11 is 0. The van der Waals surface area contributed by atoms with E-state index in [4.69, 9.17) is 0 Å². The Morgan fingerprint density at radius 1 is 1.25 bits per heavy atom. The van der Waals surface area contributed by atoms with Gasteiger partial charge in [0.15, 0.2) is 5.78 Å². The van der Waals surface area contributed by atoms with E-state index in [0.717, 1.165) is 5.71 Å². The summed E-state index contributed by atoms with van der Waals surface area (Å²) in [6.45, 7) is 0. The Hall–Kier alpha value is -1.84. The van der Waals surface area contributed by atoms with E-state index in [1.165, 1.54) is 12.3 Å². The van der Waals surface area contributed by atoms with Crippen molar-refractivity contribution in [1.82, 2.24) is 0 Å². The zero-order valence-corrected chi connectivity index (χ0v) is 8.64. The average Bonchev–Trinajstić information content (AvgIpc) is 2.60. The predicted molar refractivity (Wildman–Crippen MR) is 59.4 cm³/mol. The minimum Gasteiger partial charge on any atom is -0.300 e. The molecule has 0 aromatic heterocycles. The molecule has 0 aromatic carbocycles. The van der Waals surface area contributed by atoms with Crippen LogP contribution in [0.2, 0.25) is 0 Å². The summed E-state index contributed by atoms with van der Waals surface area (Å²) in [5.74, 6) is 0.0823. The molecule has 1 spiro atoms. The summed E-state index contributed by atoms with van der Waals surface area (Å²) in [5.41, 5.74) is 0.852. The Kier molecular flexibility index (Phi) is 1.80. The maximum absolute atomic E-state index is 11.8. The highest BCUT2D eigenvalue weighted by Crippen LogP contribution is 2.42. The number of rotatable bonds is 0. The van der Waals surface area contributed by atoms with Crippen LogP contribution in [0.5, 0.6) is 0 Å². The van der Waals surface area contributed by atoms with E-state index >= 15 is 0 Å². The zero-order valence-electron chi connectivity index (χ0n) is 8.64. The van der Waals surface area contributed by atoms with E-state index in [1.807, 2.05) is 0 Å². The number of carbonyl (C=O) groups excluding carboxylic acids is 2. The van der Waals surface area contributed by atoms with Gasteiger partial charge >= 0.3 is 0 Å². The normalized spacial score (nSPS) is 31.8. The number of ketones is 2. The first-order valence-electron chi connectivity index (χ1n) is 5.27. The molecule has 3 aliphatic rings. The standard InChI is InChI=1S/C12H10N2O2/c15-8-1-2-11-12(5-8)7-13-6-9(12)10(16)3-4-14-11/h3-4,6-7H,1-2,5H2. The van der Waals surface area contributed by atoms with Gasteiger partial charge in [0.25, 0.3) is 0 Å². The molecule has 1 atom stereocenters. The number of hydrogen-bond acceptors (Lipinski definition) is 4. The van der Waals surface area contributed by atoms with Gasteiger partial charge in [-0.05, 0) is 6.42 Å². The van der Waals surface area contributed by atoms with Crippen LogP contribution in [0.15, 0.2) is 34.0 Å². The molecule has 1 fully saturated rings. The maximum Gasteiger partial charge on any atom is 0.186 e. The van der Waals surface area contributed by atoms with Crippen LogP contribution in [0.3, 0.4) is 0 Å². The van der Waals surface area contributed by atoms with Gasteiger partial charge in [0.1, 0.15) is 5.78 Å². The van der Waals surface area contributed by atoms with E-state index < -0.39 is 5.41 Å². The molecule has 1 unspecified atom stereocenters. The van der Waals surface area contributed by atoms with Gasteiger partial charge in [-0.15, -0.1) is 0 Å². The van der Waals surface area contributed by atoms with E-state index in [2.05, 4.69) is 9.98 Å². The molecule has 16 heavy (non-hydrogen) atoms. The van der Waals surface area contributed by atoms with Crippen molar-refractivity contribution >= 4 is 23.5 Å². The van der Waals surface area contributed by atoms with Crippen molar-refractivity contribution < 1.29 is 9.59 Å². The second-order valence-electron chi connectivity index (χ2n) is 4.26. The Balaban J connectivity index is 2.18. The van der Waals surface area contributed by atoms with Crippen LogP contribution in [0.1, 0.15) is 19.3 Å². The van der Waals surface area contributed by atoms with E-state index in [1.54, 1.807) is 12.4 Å². The van der Waals surface area contributed by atoms with Crippen LogP contribution in [0.25, 0.3) is 0 Å². The van der Waals surface area contributed by atoms with Crippen LogP contribution in [0, 0.1) is 5.41 Å². The topological polar surface area (TPSA) is 58.9 Å². The summed E-state index contributed by atoms with van der Waals surface area (Å²) in [7, 11) is 0. The molecule has 0 radical (unpaired) electrons. The minimum atomic E-state index is -0.629. The highest BCUT2D eigenvalue weighted by molar-refractivity contribution is 6.23. The molecule has 0 amide bonds. The lowest BCUT2D eigenvalue weighted by Gasteiger charge is -2.32. The van der Waals surface area contributed by atoms with Gasteiger partial charge in [0.05, 0.1) is 5.41 Å². The molecule has 0 N–H and O–H groups in total. The van der Waals surface area contributed by atoms with Gasteiger partial charge in [-0.25, -0.2) is 0 Å². The Morgan fingerprint density at radius 2 is 2.12 bits per heavy atom. The molecule has 0 saturated heterocycles. The highest BCUT2D eigenvalue weighted by Gasteiger charge is 2.47. The van der Waals surface area contributed by atoms with Crippen LogP contribution in [-0.4, -0.2) is 23.5 Å². The van der Waals surface area contributed by atoms with Crippen molar-refractivity contribution in [2.45, 2.75) is 19.3 Å². The van der Waals surface area contributed by atoms with Crippen molar-refractivity contribution in [1.29, 1.82) is 0 Å². The van der Waals surface area contributed by atoms with Gasteiger partial charge in [0, 0.05) is 48.8 Å². The predicted octanol–water partition coefficient (Wildman–Crippen LogP) is 1.23. The van der Waals surface area contributed by atoms with Gasteiger partial charge in [-0.2, -0.15) is 0 Å². The minimum absolute atomic E-state index is 0.0917. The lowest BCUT2D eigenvalue weighted by atomic mass is 9.68. The maximum atomic E-state index is 11.8. The fourth-order valence-electron chi connectivity index (χ4n) is 2.52. The van der Waals surface area contributed by atoms with E-state index in [0.29, 0.717) is 24.8 Å². The monoisotopic (exact) mass is 214 g/mol. The van der Waals surface area contributed by atoms with Crippen LogP contribution >= 0.6 is 0 Å². The van der Waals surface area contributed by atoms with E-state index in [-0.39, 0.29) is 11.6 Å². The molecule has 2 aliphatic heterocycles. The van der Waals surface area contributed by atoms with Crippen molar-refractivity contribution in [2.75, 3.05) is 0 Å². The summed E-state index contributed by atoms with van der Waals surface area (Å²) in [6.07, 6.45) is 7.70. The third-order valence-corrected chi connectivity index (χ3v) is 3.33. The second-order valence-corrected chi connectivity index (χ2v) is 4.26. The second kappa shape index (κ2) is 3.07. The third kappa shape index (κ3) is 1.10. The molecule has 1 saturated carbocycles. The van der Waals surface area contributed by atoms with Crippen molar-refractivity contribution in [3.8, 4) is 0 Å². The number of nitrogens with zero attached hydrogens (tertiary/aromatic N) is 2. The molecule has 0 bridgehead atoms. The first-order valence-corrected chi connectivity index (χ1v) is 5.27. The van der Waals surface area contributed by atoms with Crippen LogP contribution in [-0.2, 0) is 9.59 Å². The van der Waals surface area contributed by atoms with Crippen LogP contribution in [0.4, 0.5) is 0 Å². The molecule has 4 nitrogen and oxygen atoms in total. The lowest BCUT2D eigenvalue weighted by molar-refractivity contribution is -0.120. The highest BCUT2D eigenvalue weighted by atomic mass is 16.1. The molecule has 3 rings (SSSR count). The number of Topliss-reactive ketones (excluding diaryl/α,β-unsaturated/α-hetero) is 1. The molecular formula is C12H10N2O2. The van der Waals surface area contributed by atoms with Crippen molar-refractivity contribution in [3.05, 3.63) is 24.0 Å². The summed E-state index contributed by atoms with van der Waals surface area (Å²) in [4.78, 5) is 31.8. The summed E-state index contributed by atoms with van der Waals surface area (Å²) in [6, 6.07) is 0. The fraction of sp³-hybridized carbons (Fsp3) is 0.333. The smallest absolute Gasteiger partial charge is 0.186 e. The number of aliphatic imine (C=N–C) groups is 2. The third-order valence-electron chi connectivity index (χ3n) is 3.33. The van der Waals surface area contributed by atoms with Crippen molar-refractivity contribution in [2.24, 2.45) is 15.4 Å². The first kappa shape index (κ1) is 9.39. The lowest BCUT2D eigenvalue weighted by Crippen LogP contribution is -2.40. The quantitative estimate of drug-likeness (QED) is 0.609. The Bertz CT molecular complexity index is 511. The van der Waals surface area contributed by atoms with Gasteiger partial charge < -0.3 is 0 Å². The molecule has 1 aliphatic carbocycles. The Labute approximate surface area is 92.5 Å². The number of allylic oxidation sites excluding steroid dienone is 2. The van der Waals surface area contributed by atoms with Gasteiger partial charge in [-0.3, -0.25) is 19.6 Å². The molecular weight excluding hydrogens is 204 g/mol. The first-order chi connectivity index (χ1) is 7.72. The largest absolute Gasteiger partial charge is 0.300 e. The van der Waals surface area contributed by atoms with Crippen molar-refractivity contribution in [3.63, 3.8) is 0 Å². The molecule has 2 heterocycles. The van der Waals surface area contributed by atoms with Crippen LogP contribution < -0.4 is 0 Å². The summed E-state index contributed by atoms with van der Waals surface area (Å²) in [5, 5.41) is 0. The molecule has 0 aromatic rings.